The number of methoxy groups -OCH3 is 1. The Morgan fingerprint density at radius 1 is 1.44 bits per heavy atom. The van der Waals surface area contributed by atoms with Crippen LogP contribution in [-0.4, -0.2) is 20.1 Å². The molecule has 0 aliphatic heterocycles. The normalized spacial score (nSPS) is 12.3. The summed E-state index contributed by atoms with van der Waals surface area (Å²) in [6.45, 7) is 4.24. The molecular formula is C14H20BrNO2. The van der Waals surface area contributed by atoms with E-state index in [-0.39, 0.29) is 11.8 Å². The van der Waals surface area contributed by atoms with Crippen molar-refractivity contribution in [2.24, 2.45) is 5.92 Å². The first-order valence-electron chi connectivity index (χ1n) is 6.03. The second-order valence-corrected chi connectivity index (χ2v) is 5.53. The van der Waals surface area contributed by atoms with E-state index < -0.39 is 0 Å². The van der Waals surface area contributed by atoms with Crippen molar-refractivity contribution in [3.63, 3.8) is 0 Å². The number of hydrogen-bond acceptors (Lipinski definition) is 2. The molecule has 1 aromatic carbocycles. The molecule has 0 fully saturated rings. The molecule has 4 heteroatoms. The number of hydrogen-bond donors (Lipinski definition) is 1. The molecule has 0 saturated heterocycles. The molecule has 0 radical (unpaired) electrons. The smallest absolute Gasteiger partial charge is 0.220 e. The van der Waals surface area contributed by atoms with Crippen LogP contribution < -0.4 is 10.1 Å². The van der Waals surface area contributed by atoms with E-state index in [1.807, 2.05) is 18.2 Å². The van der Waals surface area contributed by atoms with Crippen molar-refractivity contribution in [3.05, 3.63) is 28.2 Å². The predicted molar refractivity (Wildman–Crippen MR) is 77.0 cm³/mol. The van der Waals surface area contributed by atoms with Crippen LogP contribution in [0.25, 0.3) is 0 Å². The van der Waals surface area contributed by atoms with Crippen molar-refractivity contribution in [3.8, 4) is 5.75 Å². The largest absolute Gasteiger partial charge is 0.496 e. The van der Waals surface area contributed by atoms with Gasteiger partial charge in [-0.2, -0.15) is 0 Å². The fourth-order valence-corrected chi connectivity index (χ4v) is 2.38. The van der Waals surface area contributed by atoms with Gasteiger partial charge in [0.2, 0.25) is 5.91 Å². The summed E-state index contributed by atoms with van der Waals surface area (Å²) in [4.78, 5) is 11.6. The highest BCUT2D eigenvalue weighted by molar-refractivity contribution is 9.10. The SMILES string of the molecule is CNC(=O)CC(c1cc(Br)ccc1OC)C(C)C. The number of benzene rings is 1. The molecule has 0 saturated carbocycles. The summed E-state index contributed by atoms with van der Waals surface area (Å²) in [5.41, 5.74) is 1.07. The molecule has 0 heterocycles. The Morgan fingerprint density at radius 3 is 2.61 bits per heavy atom. The third-order valence-corrected chi connectivity index (χ3v) is 3.57. The van der Waals surface area contributed by atoms with E-state index in [0.29, 0.717) is 12.3 Å². The summed E-state index contributed by atoms with van der Waals surface area (Å²) in [7, 11) is 3.32. The molecule has 0 bridgehead atoms. The van der Waals surface area contributed by atoms with Crippen LogP contribution in [0.15, 0.2) is 22.7 Å². The Bertz CT molecular complexity index is 418. The van der Waals surface area contributed by atoms with Crippen LogP contribution >= 0.6 is 15.9 Å². The Labute approximate surface area is 117 Å². The number of rotatable bonds is 5. The molecule has 0 aliphatic carbocycles. The number of halogens is 1. The third-order valence-electron chi connectivity index (χ3n) is 3.08. The lowest BCUT2D eigenvalue weighted by atomic mass is 9.85. The Balaban J connectivity index is 3.12. The quantitative estimate of drug-likeness (QED) is 0.905. The van der Waals surface area contributed by atoms with Crippen molar-refractivity contribution in [1.29, 1.82) is 0 Å². The van der Waals surface area contributed by atoms with Crippen molar-refractivity contribution in [2.45, 2.75) is 26.2 Å². The van der Waals surface area contributed by atoms with Gasteiger partial charge in [0.05, 0.1) is 7.11 Å². The lowest BCUT2D eigenvalue weighted by Crippen LogP contribution is -2.23. The molecule has 1 amide bonds. The van der Waals surface area contributed by atoms with Crippen LogP contribution in [0.2, 0.25) is 0 Å². The van der Waals surface area contributed by atoms with E-state index in [2.05, 4.69) is 35.1 Å². The van der Waals surface area contributed by atoms with E-state index in [1.165, 1.54) is 0 Å². The molecule has 1 N–H and O–H groups in total. The highest BCUT2D eigenvalue weighted by atomic mass is 79.9. The minimum absolute atomic E-state index is 0.0516. The molecule has 1 aromatic rings. The van der Waals surface area contributed by atoms with Crippen molar-refractivity contribution < 1.29 is 9.53 Å². The zero-order valence-corrected chi connectivity index (χ0v) is 12.9. The van der Waals surface area contributed by atoms with Gasteiger partial charge in [-0.15, -0.1) is 0 Å². The van der Waals surface area contributed by atoms with Gasteiger partial charge in [-0.3, -0.25) is 4.79 Å². The molecule has 3 nitrogen and oxygen atoms in total. The van der Waals surface area contributed by atoms with Gasteiger partial charge in [0.1, 0.15) is 5.75 Å². The van der Waals surface area contributed by atoms with E-state index in [4.69, 9.17) is 4.74 Å². The maximum atomic E-state index is 11.6. The molecule has 100 valence electrons. The number of amides is 1. The summed E-state index contributed by atoms with van der Waals surface area (Å²) < 4.78 is 6.39. The minimum Gasteiger partial charge on any atom is -0.496 e. The maximum Gasteiger partial charge on any atom is 0.220 e. The van der Waals surface area contributed by atoms with Gasteiger partial charge < -0.3 is 10.1 Å². The van der Waals surface area contributed by atoms with Crippen LogP contribution in [0.1, 0.15) is 31.7 Å². The molecule has 0 aliphatic rings. The molecular weight excluding hydrogens is 294 g/mol. The lowest BCUT2D eigenvalue weighted by molar-refractivity contribution is -0.121. The van der Waals surface area contributed by atoms with Crippen LogP contribution in [0.3, 0.4) is 0 Å². The van der Waals surface area contributed by atoms with Gasteiger partial charge in [-0.25, -0.2) is 0 Å². The fourth-order valence-electron chi connectivity index (χ4n) is 2.00. The number of carbonyl (C=O) groups is 1. The predicted octanol–water partition coefficient (Wildman–Crippen LogP) is 3.33. The standard InChI is InChI=1S/C14H20BrNO2/c1-9(2)11(8-14(17)16-3)12-7-10(15)5-6-13(12)18-4/h5-7,9,11H,8H2,1-4H3,(H,16,17). The van der Waals surface area contributed by atoms with Gasteiger partial charge >= 0.3 is 0 Å². The van der Waals surface area contributed by atoms with Gasteiger partial charge in [-0.05, 0) is 35.6 Å². The molecule has 1 rings (SSSR count). The van der Waals surface area contributed by atoms with Gasteiger partial charge in [0.15, 0.2) is 0 Å². The second-order valence-electron chi connectivity index (χ2n) is 4.61. The first-order chi connectivity index (χ1) is 8.49. The Kier molecular flexibility index (Phi) is 5.66. The van der Waals surface area contributed by atoms with Gasteiger partial charge in [0.25, 0.3) is 0 Å². The van der Waals surface area contributed by atoms with Gasteiger partial charge in [-0.1, -0.05) is 29.8 Å². The van der Waals surface area contributed by atoms with E-state index in [9.17, 15) is 4.79 Å². The van der Waals surface area contributed by atoms with Crippen LogP contribution in [0.5, 0.6) is 5.75 Å². The lowest BCUT2D eigenvalue weighted by Gasteiger charge is -2.23. The summed E-state index contributed by atoms with van der Waals surface area (Å²) >= 11 is 3.47. The number of nitrogens with one attached hydrogen (secondary N) is 1. The van der Waals surface area contributed by atoms with E-state index >= 15 is 0 Å². The second kappa shape index (κ2) is 6.78. The molecule has 1 atom stereocenters. The van der Waals surface area contributed by atoms with E-state index in [1.54, 1.807) is 14.2 Å². The Morgan fingerprint density at radius 2 is 2.11 bits per heavy atom. The first kappa shape index (κ1) is 15.0. The molecule has 0 aromatic heterocycles. The van der Waals surface area contributed by atoms with Crippen molar-refractivity contribution in [1.82, 2.24) is 5.32 Å². The summed E-state index contributed by atoms with van der Waals surface area (Å²) in [5.74, 6) is 1.40. The van der Waals surface area contributed by atoms with Crippen LogP contribution in [0.4, 0.5) is 0 Å². The van der Waals surface area contributed by atoms with Crippen molar-refractivity contribution >= 4 is 21.8 Å². The first-order valence-corrected chi connectivity index (χ1v) is 6.83. The molecule has 1 unspecified atom stereocenters. The maximum absolute atomic E-state index is 11.6. The van der Waals surface area contributed by atoms with Crippen molar-refractivity contribution in [2.75, 3.05) is 14.2 Å². The zero-order chi connectivity index (χ0) is 13.7. The third kappa shape index (κ3) is 3.73. The Hall–Kier alpha value is -1.03. The van der Waals surface area contributed by atoms with Crippen LogP contribution in [0, 0.1) is 5.92 Å². The van der Waals surface area contributed by atoms with Gasteiger partial charge in [0, 0.05) is 17.9 Å². The van der Waals surface area contributed by atoms with E-state index in [0.717, 1.165) is 15.8 Å². The zero-order valence-electron chi connectivity index (χ0n) is 11.3. The molecule has 0 spiro atoms. The highest BCUT2D eigenvalue weighted by Crippen LogP contribution is 2.36. The average Bonchev–Trinajstić information content (AvgIpc) is 2.35. The topological polar surface area (TPSA) is 38.3 Å². The summed E-state index contributed by atoms with van der Waals surface area (Å²) in [6, 6.07) is 5.91. The summed E-state index contributed by atoms with van der Waals surface area (Å²) in [5, 5.41) is 2.68. The number of carbonyl (C=O) groups excluding carboxylic acids is 1. The fraction of sp³-hybridized carbons (Fsp3) is 0.500. The molecule has 18 heavy (non-hydrogen) atoms. The highest BCUT2D eigenvalue weighted by Gasteiger charge is 2.22. The number of ether oxygens (including phenoxy) is 1. The summed E-state index contributed by atoms with van der Waals surface area (Å²) in [6.07, 6.45) is 0.473. The average molecular weight is 314 g/mol. The minimum atomic E-state index is 0.0516. The van der Waals surface area contributed by atoms with Crippen LogP contribution in [-0.2, 0) is 4.79 Å². The monoisotopic (exact) mass is 313 g/mol.